The van der Waals surface area contributed by atoms with Gasteiger partial charge < -0.3 is 20.7 Å². The fourth-order valence-electron chi connectivity index (χ4n) is 1.77. The van der Waals surface area contributed by atoms with Crippen LogP contribution in [0.5, 0.6) is 0 Å². The highest BCUT2D eigenvalue weighted by atomic mass is 19.1. The van der Waals surface area contributed by atoms with Gasteiger partial charge in [-0.3, -0.25) is 4.79 Å². The normalized spacial score (nSPS) is 11.7. The van der Waals surface area contributed by atoms with Crippen molar-refractivity contribution >= 4 is 23.3 Å². The third-order valence-corrected chi connectivity index (χ3v) is 2.82. The lowest BCUT2D eigenvalue weighted by Crippen LogP contribution is -2.36. The van der Waals surface area contributed by atoms with Crippen LogP contribution in [0.15, 0.2) is 12.1 Å². The zero-order valence-corrected chi connectivity index (χ0v) is 12.6. The Hall–Kier alpha value is -2.31. The molecule has 21 heavy (non-hydrogen) atoms. The van der Waals surface area contributed by atoms with Crippen molar-refractivity contribution in [1.82, 2.24) is 4.90 Å². The predicted octanol–water partition coefficient (Wildman–Crippen LogP) is 1.47. The number of halogens is 1. The summed E-state index contributed by atoms with van der Waals surface area (Å²) in [6.45, 7) is 3.45. The number of hydrogen-bond donors (Lipinski definition) is 2. The van der Waals surface area contributed by atoms with E-state index in [-0.39, 0.29) is 29.5 Å². The summed E-state index contributed by atoms with van der Waals surface area (Å²) in [4.78, 5) is 24.9. The first-order valence-corrected chi connectivity index (χ1v) is 6.51. The topological polar surface area (TPSA) is 84.7 Å². The van der Waals surface area contributed by atoms with E-state index in [1.807, 2.05) is 0 Å². The minimum atomic E-state index is -0.645. The van der Waals surface area contributed by atoms with Gasteiger partial charge in [-0.2, -0.15) is 0 Å². The van der Waals surface area contributed by atoms with Gasteiger partial charge in [-0.25, -0.2) is 9.18 Å². The molecule has 0 heterocycles. The standard InChI is InChI=1S/C14H20FN3O3/c1-5-21-14(20)9-6-12(10(15)7-11(9)16)17-8(2)13(19)18(3)4/h6-8,17H,5,16H2,1-4H3. The molecule has 0 aliphatic carbocycles. The number of hydrogen-bond acceptors (Lipinski definition) is 5. The Morgan fingerprint density at radius 2 is 2.05 bits per heavy atom. The van der Waals surface area contributed by atoms with Crippen molar-refractivity contribution < 1.29 is 18.7 Å². The van der Waals surface area contributed by atoms with Crippen LogP contribution >= 0.6 is 0 Å². The number of nitrogens with one attached hydrogen (secondary N) is 1. The summed E-state index contributed by atoms with van der Waals surface area (Å²) in [5, 5.41) is 2.73. The molecule has 1 atom stereocenters. The van der Waals surface area contributed by atoms with E-state index in [1.165, 1.54) is 11.0 Å². The van der Waals surface area contributed by atoms with Gasteiger partial charge >= 0.3 is 5.97 Å². The number of carbonyl (C=O) groups is 2. The third kappa shape index (κ3) is 4.08. The van der Waals surface area contributed by atoms with Crippen molar-refractivity contribution in [3.8, 4) is 0 Å². The van der Waals surface area contributed by atoms with Crippen LogP contribution in [0, 0.1) is 5.82 Å². The molecule has 0 fully saturated rings. The average Bonchev–Trinajstić information content (AvgIpc) is 2.40. The van der Waals surface area contributed by atoms with Crippen molar-refractivity contribution in [3.63, 3.8) is 0 Å². The molecule has 0 saturated carbocycles. The van der Waals surface area contributed by atoms with Gasteiger partial charge in [0.25, 0.3) is 0 Å². The van der Waals surface area contributed by atoms with Gasteiger partial charge in [0.2, 0.25) is 5.91 Å². The average molecular weight is 297 g/mol. The molecule has 0 aliphatic rings. The maximum Gasteiger partial charge on any atom is 0.340 e. The number of nitrogens with zero attached hydrogens (tertiary/aromatic N) is 1. The molecule has 3 N–H and O–H groups in total. The first kappa shape index (κ1) is 16.7. The van der Waals surface area contributed by atoms with Crippen LogP contribution in [-0.2, 0) is 9.53 Å². The summed E-state index contributed by atoms with van der Waals surface area (Å²) in [5.41, 5.74) is 5.69. The van der Waals surface area contributed by atoms with Crippen LogP contribution in [0.25, 0.3) is 0 Å². The molecular weight excluding hydrogens is 277 g/mol. The zero-order chi connectivity index (χ0) is 16.2. The number of carbonyl (C=O) groups excluding carboxylic acids is 2. The lowest BCUT2D eigenvalue weighted by molar-refractivity contribution is -0.129. The summed E-state index contributed by atoms with van der Waals surface area (Å²) >= 11 is 0. The number of likely N-dealkylation sites (N-methyl/N-ethyl adjacent to an activating group) is 1. The second kappa shape index (κ2) is 6.92. The highest BCUT2D eigenvalue weighted by molar-refractivity contribution is 5.96. The van der Waals surface area contributed by atoms with Crippen LogP contribution in [0.3, 0.4) is 0 Å². The van der Waals surface area contributed by atoms with Gasteiger partial charge in [-0.15, -0.1) is 0 Å². The summed E-state index contributed by atoms with van der Waals surface area (Å²) in [7, 11) is 3.20. The van der Waals surface area contributed by atoms with Crippen molar-refractivity contribution in [3.05, 3.63) is 23.5 Å². The van der Waals surface area contributed by atoms with E-state index in [1.54, 1.807) is 27.9 Å². The Balaban J connectivity index is 3.05. The van der Waals surface area contributed by atoms with E-state index in [0.717, 1.165) is 6.07 Å². The monoisotopic (exact) mass is 297 g/mol. The first-order valence-electron chi connectivity index (χ1n) is 6.51. The van der Waals surface area contributed by atoms with Gasteiger partial charge in [0, 0.05) is 19.8 Å². The van der Waals surface area contributed by atoms with Crippen LogP contribution in [0.2, 0.25) is 0 Å². The molecule has 0 aromatic heterocycles. The molecule has 7 heteroatoms. The van der Waals surface area contributed by atoms with E-state index in [0.29, 0.717) is 0 Å². The fourth-order valence-corrected chi connectivity index (χ4v) is 1.77. The van der Waals surface area contributed by atoms with E-state index < -0.39 is 17.8 Å². The molecule has 1 unspecified atom stereocenters. The lowest BCUT2D eigenvalue weighted by atomic mass is 10.1. The van der Waals surface area contributed by atoms with E-state index >= 15 is 0 Å². The maximum absolute atomic E-state index is 13.9. The number of nitrogens with two attached hydrogens (primary N) is 1. The Bertz CT molecular complexity index is 547. The zero-order valence-electron chi connectivity index (χ0n) is 12.6. The van der Waals surface area contributed by atoms with Crippen molar-refractivity contribution in [1.29, 1.82) is 0 Å². The second-order valence-corrected chi connectivity index (χ2v) is 4.74. The van der Waals surface area contributed by atoms with Crippen LogP contribution in [-0.4, -0.2) is 43.5 Å². The van der Waals surface area contributed by atoms with Crippen molar-refractivity contribution in [2.75, 3.05) is 31.8 Å². The fraction of sp³-hybridized carbons (Fsp3) is 0.429. The minimum absolute atomic E-state index is 0.0110. The van der Waals surface area contributed by atoms with Gasteiger partial charge in [-0.1, -0.05) is 0 Å². The van der Waals surface area contributed by atoms with Gasteiger partial charge in [0.05, 0.1) is 17.9 Å². The third-order valence-electron chi connectivity index (χ3n) is 2.82. The molecule has 116 valence electrons. The largest absolute Gasteiger partial charge is 0.462 e. The highest BCUT2D eigenvalue weighted by Crippen LogP contribution is 2.23. The molecule has 1 aromatic rings. The number of esters is 1. The van der Waals surface area contributed by atoms with Crippen LogP contribution in [0.1, 0.15) is 24.2 Å². The Morgan fingerprint density at radius 3 is 2.57 bits per heavy atom. The number of benzene rings is 1. The molecule has 1 rings (SSSR count). The number of ether oxygens (including phenoxy) is 1. The molecule has 0 radical (unpaired) electrons. The second-order valence-electron chi connectivity index (χ2n) is 4.74. The molecule has 0 spiro atoms. The van der Waals surface area contributed by atoms with Crippen LogP contribution in [0.4, 0.5) is 15.8 Å². The van der Waals surface area contributed by atoms with E-state index in [2.05, 4.69) is 5.32 Å². The van der Waals surface area contributed by atoms with Gasteiger partial charge in [-0.05, 0) is 26.0 Å². The minimum Gasteiger partial charge on any atom is -0.462 e. The first-order chi connectivity index (χ1) is 9.77. The molecule has 1 aromatic carbocycles. The van der Waals surface area contributed by atoms with E-state index in [4.69, 9.17) is 10.5 Å². The number of rotatable bonds is 5. The highest BCUT2D eigenvalue weighted by Gasteiger charge is 2.19. The number of amides is 1. The number of nitrogen functional groups attached to an aromatic ring is 1. The molecule has 0 saturated heterocycles. The maximum atomic E-state index is 13.9. The van der Waals surface area contributed by atoms with E-state index in [9.17, 15) is 14.0 Å². The summed E-state index contributed by atoms with van der Waals surface area (Å²) in [5.74, 6) is -1.49. The molecule has 6 nitrogen and oxygen atoms in total. The van der Waals surface area contributed by atoms with Crippen LogP contribution < -0.4 is 11.1 Å². The molecule has 0 aliphatic heterocycles. The lowest BCUT2D eigenvalue weighted by Gasteiger charge is -2.20. The summed E-state index contributed by atoms with van der Waals surface area (Å²) < 4.78 is 18.7. The molecule has 0 bridgehead atoms. The SMILES string of the molecule is CCOC(=O)c1cc(NC(C)C(=O)N(C)C)c(F)cc1N. The predicted molar refractivity (Wildman–Crippen MR) is 78.5 cm³/mol. The Morgan fingerprint density at radius 1 is 1.43 bits per heavy atom. The Kier molecular flexibility index (Phi) is 5.52. The molecule has 1 amide bonds. The quantitative estimate of drug-likeness (QED) is 0.635. The number of anilines is 2. The van der Waals surface area contributed by atoms with Crippen molar-refractivity contribution in [2.45, 2.75) is 19.9 Å². The van der Waals surface area contributed by atoms with Gasteiger partial charge in [0.15, 0.2) is 0 Å². The van der Waals surface area contributed by atoms with Crippen molar-refractivity contribution in [2.24, 2.45) is 0 Å². The molecular formula is C14H20FN3O3. The summed E-state index contributed by atoms with van der Waals surface area (Å²) in [6.07, 6.45) is 0. The summed E-state index contributed by atoms with van der Waals surface area (Å²) in [6, 6.07) is 1.64. The Labute approximate surface area is 123 Å². The smallest absolute Gasteiger partial charge is 0.340 e. The van der Waals surface area contributed by atoms with Gasteiger partial charge in [0.1, 0.15) is 11.9 Å².